The molecule has 6 heteroatoms. The Morgan fingerprint density at radius 2 is 1.72 bits per heavy atom. The number of carbonyl (C=O) groups is 1. The van der Waals surface area contributed by atoms with Crippen molar-refractivity contribution in [1.82, 2.24) is 10.3 Å². The predicted molar refractivity (Wildman–Crippen MR) is 130 cm³/mol. The highest BCUT2D eigenvalue weighted by Crippen LogP contribution is 2.28. The van der Waals surface area contributed by atoms with Crippen LogP contribution in [0.5, 0.6) is 0 Å². The Kier molecular flexibility index (Phi) is 6.98. The molecule has 0 aliphatic rings. The zero-order valence-electron chi connectivity index (χ0n) is 17.8. The molecule has 0 bridgehead atoms. The molecule has 4 rings (SSSR count). The third-order valence-corrected chi connectivity index (χ3v) is 6.40. The third-order valence-electron chi connectivity index (χ3n) is 5.12. The Balaban J connectivity index is 1.41. The fraction of sp³-hybridized carbons (Fsp3) is 0.154. The Morgan fingerprint density at radius 1 is 1.03 bits per heavy atom. The maximum atomic E-state index is 12.6. The van der Waals surface area contributed by atoms with Crippen LogP contribution in [0.25, 0.3) is 11.5 Å². The molecule has 0 unspecified atom stereocenters. The maximum absolute atomic E-state index is 12.6. The molecule has 1 aromatic heterocycles. The first-order valence-corrected chi connectivity index (χ1v) is 11.7. The van der Waals surface area contributed by atoms with Crippen LogP contribution >= 0.6 is 23.4 Å². The summed E-state index contributed by atoms with van der Waals surface area (Å²) in [6.07, 6.45) is 0. The van der Waals surface area contributed by atoms with Crippen molar-refractivity contribution in [3.8, 4) is 11.5 Å². The lowest BCUT2D eigenvalue weighted by atomic mass is 10.1. The highest BCUT2D eigenvalue weighted by Gasteiger charge is 2.14. The van der Waals surface area contributed by atoms with Gasteiger partial charge < -0.3 is 9.73 Å². The van der Waals surface area contributed by atoms with E-state index >= 15 is 0 Å². The van der Waals surface area contributed by atoms with Gasteiger partial charge in [-0.1, -0.05) is 41.9 Å². The number of nitrogens with one attached hydrogen (secondary N) is 1. The lowest BCUT2D eigenvalue weighted by molar-refractivity contribution is 0.0940. The van der Waals surface area contributed by atoms with Crippen LogP contribution in [0.2, 0.25) is 5.02 Å². The molecular formula is C26H23ClN2O2S. The highest BCUT2D eigenvalue weighted by molar-refractivity contribution is 7.98. The fourth-order valence-corrected chi connectivity index (χ4v) is 4.26. The van der Waals surface area contributed by atoms with Gasteiger partial charge in [-0.2, -0.15) is 0 Å². The number of rotatable bonds is 7. The molecule has 0 aliphatic heterocycles. The van der Waals surface area contributed by atoms with E-state index in [1.54, 1.807) is 23.9 Å². The van der Waals surface area contributed by atoms with E-state index in [1.165, 1.54) is 0 Å². The lowest BCUT2D eigenvalue weighted by Crippen LogP contribution is -2.26. The van der Waals surface area contributed by atoms with E-state index in [-0.39, 0.29) is 11.9 Å². The summed E-state index contributed by atoms with van der Waals surface area (Å²) in [5.41, 5.74) is 3.40. The van der Waals surface area contributed by atoms with Crippen LogP contribution in [-0.4, -0.2) is 10.9 Å². The van der Waals surface area contributed by atoms with Crippen molar-refractivity contribution in [3.05, 3.63) is 106 Å². The zero-order valence-corrected chi connectivity index (χ0v) is 19.4. The van der Waals surface area contributed by atoms with Crippen molar-refractivity contribution < 1.29 is 9.21 Å². The molecule has 0 spiro atoms. The van der Waals surface area contributed by atoms with E-state index in [0.29, 0.717) is 17.2 Å². The van der Waals surface area contributed by atoms with Gasteiger partial charge in [-0.25, -0.2) is 4.98 Å². The van der Waals surface area contributed by atoms with Gasteiger partial charge >= 0.3 is 0 Å². The average Bonchev–Trinajstić information content (AvgIpc) is 3.19. The van der Waals surface area contributed by atoms with Crippen LogP contribution in [0, 0.1) is 6.92 Å². The van der Waals surface area contributed by atoms with E-state index < -0.39 is 0 Å². The SMILES string of the molecule is Cc1oc(-c2ccc(C(=O)N[C@H](C)c3ccccc3)cc2)nc1CSc1ccc(Cl)cc1. The molecule has 32 heavy (non-hydrogen) atoms. The number of carbonyl (C=O) groups excluding carboxylic acids is 1. The number of oxazole rings is 1. The Bertz CT molecular complexity index is 1190. The molecule has 162 valence electrons. The van der Waals surface area contributed by atoms with Crippen molar-refractivity contribution in [2.45, 2.75) is 30.5 Å². The third kappa shape index (κ3) is 5.42. The van der Waals surface area contributed by atoms with E-state index in [0.717, 1.165) is 32.5 Å². The van der Waals surface area contributed by atoms with Gasteiger partial charge in [0, 0.05) is 26.8 Å². The summed E-state index contributed by atoms with van der Waals surface area (Å²) >= 11 is 7.63. The van der Waals surface area contributed by atoms with Crippen LogP contribution < -0.4 is 5.32 Å². The smallest absolute Gasteiger partial charge is 0.251 e. The first kappa shape index (κ1) is 22.2. The van der Waals surface area contributed by atoms with Gasteiger partial charge in [0.2, 0.25) is 5.89 Å². The summed E-state index contributed by atoms with van der Waals surface area (Å²) in [4.78, 5) is 18.4. The van der Waals surface area contributed by atoms with Crippen LogP contribution in [-0.2, 0) is 5.75 Å². The number of aromatic nitrogens is 1. The standard InChI is InChI=1S/C26H23ClN2O2S/c1-17(19-6-4-3-5-7-19)28-25(30)20-8-10-21(11-9-20)26-29-24(18(2)31-26)16-32-23-14-12-22(27)13-15-23/h3-15,17H,16H2,1-2H3,(H,28,30)/t17-/m1/s1. The number of halogens is 1. The summed E-state index contributed by atoms with van der Waals surface area (Å²) in [6.45, 7) is 3.89. The molecule has 1 atom stereocenters. The lowest BCUT2D eigenvalue weighted by Gasteiger charge is -2.14. The summed E-state index contributed by atoms with van der Waals surface area (Å²) in [5, 5.41) is 3.75. The minimum absolute atomic E-state index is 0.0709. The van der Waals surface area contributed by atoms with Gasteiger partial charge in [-0.3, -0.25) is 4.79 Å². The number of thioether (sulfide) groups is 1. The Morgan fingerprint density at radius 3 is 2.41 bits per heavy atom. The van der Waals surface area contributed by atoms with Gasteiger partial charge in [-0.15, -0.1) is 11.8 Å². The largest absolute Gasteiger partial charge is 0.441 e. The van der Waals surface area contributed by atoms with Crippen LogP contribution in [0.3, 0.4) is 0 Å². The number of amides is 1. The number of hydrogen-bond donors (Lipinski definition) is 1. The maximum Gasteiger partial charge on any atom is 0.251 e. The molecule has 0 saturated carbocycles. The minimum Gasteiger partial charge on any atom is -0.441 e. The molecule has 1 N–H and O–H groups in total. The second-order valence-electron chi connectivity index (χ2n) is 7.45. The molecule has 0 aliphatic carbocycles. The molecule has 0 fully saturated rings. The molecule has 0 radical (unpaired) electrons. The van der Waals surface area contributed by atoms with Crippen LogP contribution in [0.15, 0.2) is 88.2 Å². The van der Waals surface area contributed by atoms with E-state index in [4.69, 9.17) is 16.0 Å². The van der Waals surface area contributed by atoms with Gasteiger partial charge in [0.05, 0.1) is 11.7 Å². The predicted octanol–water partition coefficient (Wildman–Crippen LogP) is 7.09. The van der Waals surface area contributed by atoms with Gasteiger partial charge in [-0.05, 0) is 67.9 Å². The second kappa shape index (κ2) is 10.1. The zero-order chi connectivity index (χ0) is 22.5. The van der Waals surface area contributed by atoms with Crippen LogP contribution in [0.1, 0.15) is 40.3 Å². The van der Waals surface area contributed by atoms with E-state index in [9.17, 15) is 4.79 Å². The van der Waals surface area contributed by atoms with Crippen LogP contribution in [0.4, 0.5) is 0 Å². The Labute approximate surface area is 197 Å². The monoisotopic (exact) mass is 462 g/mol. The van der Waals surface area contributed by atoms with Crippen molar-refractivity contribution in [1.29, 1.82) is 0 Å². The first-order chi connectivity index (χ1) is 15.5. The first-order valence-electron chi connectivity index (χ1n) is 10.3. The highest BCUT2D eigenvalue weighted by atomic mass is 35.5. The number of nitrogens with zero attached hydrogens (tertiary/aromatic N) is 1. The van der Waals surface area contributed by atoms with Gasteiger partial charge in [0.1, 0.15) is 5.76 Å². The molecule has 4 nitrogen and oxygen atoms in total. The van der Waals surface area contributed by atoms with E-state index in [2.05, 4.69) is 10.3 Å². The van der Waals surface area contributed by atoms with E-state index in [1.807, 2.05) is 80.6 Å². The molecular weight excluding hydrogens is 440 g/mol. The molecule has 1 heterocycles. The normalized spacial score (nSPS) is 11.8. The number of hydrogen-bond acceptors (Lipinski definition) is 4. The average molecular weight is 463 g/mol. The van der Waals surface area contributed by atoms with Crippen molar-refractivity contribution in [3.63, 3.8) is 0 Å². The second-order valence-corrected chi connectivity index (χ2v) is 8.93. The van der Waals surface area contributed by atoms with Gasteiger partial charge in [0.15, 0.2) is 0 Å². The summed E-state index contributed by atoms with van der Waals surface area (Å²) in [6, 6.07) is 24.9. The minimum atomic E-state index is -0.114. The summed E-state index contributed by atoms with van der Waals surface area (Å²) in [7, 11) is 0. The summed E-state index contributed by atoms with van der Waals surface area (Å²) < 4.78 is 5.88. The molecule has 0 saturated heterocycles. The number of benzene rings is 3. The Hall–Kier alpha value is -3.02. The topological polar surface area (TPSA) is 55.1 Å². The van der Waals surface area contributed by atoms with Crippen molar-refractivity contribution in [2.75, 3.05) is 0 Å². The molecule has 1 amide bonds. The molecule has 4 aromatic rings. The summed E-state index contributed by atoms with van der Waals surface area (Å²) in [5.74, 6) is 1.93. The quantitative estimate of drug-likeness (QED) is 0.298. The fourth-order valence-electron chi connectivity index (χ4n) is 3.24. The number of aryl methyl sites for hydroxylation is 1. The molecule has 3 aromatic carbocycles. The van der Waals surface area contributed by atoms with Crippen molar-refractivity contribution >= 4 is 29.3 Å². The van der Waals surface area contributed by atoms with Crippen molar-refractivity contribution in [2.24, 2.45) is 0 Å². The van der Waals surface area contributed by atoms with Gasteiger partial charge in [0.25, 0.3) is 5.91 Å².